The molecule has 0 aliphatic heterocycles. The van der Waals surface area contributed by atoms with Crippen molar-refractivity contribution in [2.45, 2.75) is 13.2 Å². The predicted molar refractivity (Wildman–Crippen MR) is 109 cm³/mol. The van der Waals surface area contributed by atoms with Crippen molar-refractivity contribution < 1.29 is 9.84 Å². The van der Waals surface area contributed by atoms with Crippen molar-refractivity contribution >= 4 is 0 Å². The Kier molecular flexibility index (Phi) is 5.45. The average molecular weight is 371 g/mol. The minimum Gasteiger partial charge on any atom is -0.489 e. The molecule has 0 amide bonds. The monoisotopic (exact) mass is 371 g/mol. The average Bonchev–Trinajstić information content (AvgIpc) is 3.18. The minimum absolute atomic E-state index is 0.0448. The zero-order valence-electron chi connectivity index (χ0n) is 15.4. The van der Waals surface area contributed by atoms with Crippen molar-refractivity contribution in [3.05, 3.63) is 90.9 Å². The van der Waals surface area contributed by atoms with E-state index in [9.17, 15) is 5.11 Å². The van der Waals surface area contributed by atoms with Gasteiger partial charge in [-0.05, 0) is 47.5 Å². The highest BCUT2D eigenvalue weighted by atomic mass is 16.5. The molecule has 0 fully saturated rings. The fraction of sp³-hybridized carbons (Fsp3) is 0.130. The Morgan fingerprint density at radius 1 is 0.857 bits per heavy atom. The number of ether oxygens (including phenoxy) is 1. The first-order valence-electron chi connectivity index (χ1n) is 9.19. The molecule has 140 valence electrons. The third-order valence-electron chi connectivity index (χ3n) is 4.46. The maximum absolute atomic E-state index is 9.26. The molecule has 0 radical (unpaired) electrons. The van der Waals surface area contributed by atoms with E-state index in [1.807, 2.05) is 72.9 Å². The van der Waals surface area contributed by atoms with Gasteiger partial charge in [-0.1, -0.05) is 30.3 Å². The van der Waals surface area contributed by atoms with Gasteiger partial charge in [-0.3, -0.25) is 9.67 Å². The highest BCUT2D eigenvalue weighted by molar-refractivity contribution is 5.80. The zero-order valence-corrected chi connectivity index (χ0v) is 15.4. The molecule has 4 rings (SSSR count). The van der Waals surface area contributed by atoms with Crippen LogP contribution in [0.1, 0.15) is 5.56 Å². The van der Waals surface area contributed by atoms with Crippen molar-refractivity contribution in [3.8, 4) is 28.1 Å². The van der Waals surface area contributed by atoms with Crippen LogP contribution in [0.3, 0.4) is 0 Å². The van der Waals surface area contributed by atoms with Crippen LogP contribution < -0.4 is 4.74 Å². The summed E-state index contributed by atoms with van der Waals surface area (Å²) in [4.78, 5) is 4.09. The summed E-state index contributed by atoms with van der Waals surface area (Å²) < 4.78 is 7.64. The molecule has 4 aromatic rings. The third-order valence-corrected chi connectivity index (χ3v) is 4.46. The lowest BCUT2D eigenvalue weighted by atomic mass is 10.0. The fourth-order valence-electron chi connectivity index (χ4n) is 3.04. The van der Waals surface area contributed by atoms with Crippen LogP contribution in [0, 0.1) is 0 Å². The van der Waals surface area contributed by atoms with Crippen LogP contribution in [0.5, 0.6) is 5.75 Å². The van der Waals surface area contributed by atoms with E-state index < -0.39 is 0 Å². The van der Waals surface area contributed by atoms with Gasteiger partial charge in [0, 0.05) is 29.7 Å². The quantitative estimate of drug-likeness (QED) is 0.529. The molecule has 2 aromatic carbocycles. The number of aromatic nitrogens is 3. The number of pyridine rings is 1. The summed E-state index contributed by atoms with van der Waals surface area (Å²) in [6.07, 6.45) is 5.49. The molecule has 5 nitrogen and oxygen atoms in total. The van der Waals surface area contributed by atoms with Gasteiger partial charge in [0.2, 0.25) is 0 Å². The molecular weight excluding hydrogens is 350 g/mol. The molecule has 0 bridgehead atoms. The van der Waals surface area contributed by atoms with Crippen LogP contribution >= 0.6 is 0 Å². The van der Waals surface area contributed by atoms with Crippen molar-refractivity contribution in [2.75, 3.05) is 6.61 Å². The normalized spacial score (nSPS) is 10.8. The number of hydrogen-bond donors (Lipinski definition) is 1. The maximum atomic E-state index is 9.26. The molecule has 1 N–H and O–H groups in total. The first kappa shape index (κ1) is 17.9. The van der Waals surface area contributed by atoms with Gasteiger partial charge < -0.3 is 9.84 Å². The van der Waals surface area contributed by atoms with E-state index in [0.717, 1.165) is 33.7 Å². The topological polar surface area (TPSA) is 60.2 Å². The van der Waals surface area contributed by atoms with Gasteiger partial charge in [0.15, 0.2) is 0 Å². The number of rotatable bonds is 7. The Hall–Kier alpha value is -3.44. The van der Waals surface area contributed by atoms with Gasteiger partial charge in [-0.2, -0.15) is 5.10 Å². The summed E-state index contributed by atoms with van der Waals surface area (Å²) >= 11 is 0. The number of aliphatic hydroxyl groups excluding tert-OH is 1. The van der Waals surface area contributed by atoms with Gasteiger partial charge >= 0.3 is 0 Å². The summed E-state index contributed by atoms with van der Waals surface area (Å²) in [5, 5.41) is 13.9. The van der Waals surface area contributed by atoms with Gasteiger partial charge in [0.25, 0.3) is 0 Å². The second-order valence-corrected chi connectivity index (χ2v) is 6.41. The molecule has 0 saturated carbocycles. The molecule has 0 atom stereocenters. The molecule has 2 aromatic heterocycles. The largest absolute Gasteiger partial charge is 0.489 e. The van der Waals surface area contributed by atoms with Crippen molar-refractivity contribution in [1.29, 1.82) is 0 Å². The third kappa shape index (κ3) is 4.10. The summed E-state index contributed by atoms with van der Waals surface area (Å²) in [7, 11) is 0. The molecule has 0 saturated heterocycles. The maximum Gasteiger partial charge on any atom is 0.119 e. The van der Waals surface area contributed by atoms with Crippen LogP contribution in [0.2, 0.25) is 0 Å². The van der Waals surface area contributed by atoms with Crippen LogP contribution in [-0.2, 0) is 13.2 Å². The molecule has 2 heterocycles. The predicted octanol–water partition coefficient (Wildman–Crippen LogP) is 4.18. The van der Waals surface area contributed by atoms with Crippen molar-refractivity contribution in [2.24, 2.45) is 0 Å². The van der Waals surface area contributed by atoms with E-state index in [2.05, 4.69) is 10.1 Å². The molecule has 5 heteroatoms. The smallest absolute Gasteiger partial charge is 0.119 e. The number of hydrogen-bond acceptors (Lipinski definition) is 4. The summed E-state index contributed by atoms with van der Waals surface area (Å²) in [5.74, 6) is 0.813. The van der Waals surface area contributed by atoms with Gasteiger partial charge in [-0.25, -0.2) is 0 Å². The van der Waals surface area contributed by atoms with Crippen LogP contribution in [-0.4, -0.2) is 26.5 Å². The number of nitrogens with zero attached hydrogens (tertiary/aromatic N) is 3. The Morgan fingerprint density at radius 3 is 2.32 bits per heavy atom. The van der Waals surface area contributed by atoms with E-state index in [-0.39, 0.29) is 6.61 Å². The van der Waals surface area contributed by atoms with E-state index in [0.29, 0.717) is 13.2 Å². The van der Waals surface area contributed by atoms with Gasteiger partial charge in [-0.15, -0.1) is 0 Å². The van der Waals surface area contributed by atoms with Crippen LogP contribution in [0.25, 0.3) is 22.4 Å². The van der Waals surface area contributed by atoms with E-state index >= 15 is 0 Å². The molecule has 0 spiro atoms. The van der Waals surface area contributed by atoms with Crippen molar-refractivity contribution in [1.82, 2.24) is 14.8 Å². The second-order valence-electron chi connectivity index (χ2n) is 6.41. The first-order chi connectivity index (χ1) is 13.8. The van der Waals surface area contributed by atoms with E-state index in [1.165, 1.54) is 0 Å². The Labute approximate surface area is 163 Å². The summed E-state index contributed by atoms with van der Waals surface area (Å²) in [6.45, 7) is 1.03. The summed E-state index contributed by atoms with van der Waals surface area (Å²) in [6, 6.07) is 22.0. The second kappa shape index (κ2) is 8.50. The summed E-state index contributed by atoms with van der Waals surface area (Å²) in [5.41, 5.74) is 5.05. The molecule has 0 unspecified atom stereocenters. The Bertz CT molecular complexity index is 1010. The lowest BCUT2D eigenvalue weighted by Crippen LogP contribution is -2.02. The van der Waals surface area contributed by atoms with Crippen molar-refractivity contribution in [3.63, 3.8) is 0 Å². The Morgan fingerprint density at radius 2 is 1.61 bits per heavy atom. The van der Waals surface area contributed by atoms with Crippen LogP contribution in [0.4, 0.5) is 0 Å². The standard InChI is InChI=1S/C23H21N3O2/c27-15-14-26-16-22(19-10-12-24-13-11-19)23(25-26)20-6-8-21(9-7-20)28-17-18-4-2-1-3-5-18/h1-13,16,27H,14-15,17H2. The number of aliphatic hydroxyl groups is 1. The fourth-order valence-corrected chi connectivity index (χ4v) is 3.04. The molecule has 0 aliphatic rings. The van der Waals surface area contributed by atoms with Gasteiger partial charge in [0.1, 0.15) is 18.1 Å². The van der Waals surface area contributed by atoms with E-state index in [4.69, 9.17) is 4.74 Å². The first-order valence-corrected chi connectivity index (χ1v) is 9.19. The number of benzene rings is 2. The zero-order chi connectivity index (χ0) is 19.2. The van der Waals surface area contributed by atoms with Crippen LogP contribution in [0.15, 0.2) is 85.3 Å². The SMILES string of the molecule is OCCn1cc(-c2ccncc2)c(-c2ccc(OCc3ccccc3)cc2)n1. The van der Waals surface area contributed by atoms with E-state index in [1.54, 1.807) is 17.1 Å². The molecular formula is C23H21N3O2. The Balaban J connectivity index is 1.58. The van der Waals surface area contributed by atoms with Gasteiger partial charge in [0.05, 0.1) is 13.2 Å². The lowest BCUT2D eigenvalue weighted by molar-refractivity contribution is 0.269. The molecule has 0 aliphatic carbocycles. The highest BCUT2D eigenvalue weighted by Gasteiger charge is 2.13. The molecule has 28 heavy (non-hydrogen) atoms. The highest BCUT2D eigenvalue weighted by Crippen LogP contribution is 2.31. The minimum atomic E-state index is 0.0448. The lowest BCUT2D eigenvalue weighted by Gasteiger charge is -2.07.